The van der Waals surface area contributed by atoms with Gasteiger partial charge in [0.1, 0.15) is 18.0 Å². The summed E-state index contributed by atoms with van der Waals surface area (Å²) in [5.41, 5.74) is 2.16. The molecule has 0 aliphatic rings. The first kappa shape index (κ1) is 15.6. The molecule has 21 heavy (non-hydrogen) atoms. The van der Waals surface area contributed by atoms with E-state index in [2.05, 4.69) is 41.4 Å². The van der Waals surface area contributed by atoms with Gasteiger partial charge in [0.2, 0.25) is 0 Å². The highest BCUT2D eigenvalue weighted by atomic mass is 35.5. The molecule has 0 aliphatic carbocycles. The van der Waals surface area contributed by atoms with Crippen molar-refractivity contribution in [2.45, 2.75) is 33.2 Å². The molecule has 0 atom stereocenters. The summed E-state index contributed by atoms with van der Waals surface area (Å²) in [6.07, 6.45) is 1.58. The van der Waals surface area contributed by atoms with Crippen LogP contribution in [0.5, 0.6) is 0 Å². The highest BCUT2D eigenvalue weighted by Gasteiger charge is 2.14. The summed E-state index contributed by atoms with van der Waals surface area (Å²) in [7, 11) is 0. The summed E-state index contributed by atoms with van der Waals surface area (Å²) >= 11 is 6.19. The van der Waals surface area contributed by atoms with Gasteiger partial charge >= 0.3 is 0 Å². The highest BCUT2D eigenvalue weighted by molar-refractivity contribution is 6.31. The molecule has 0 saturated carbocycles. The Bertz CT molecular complexity index is 599. The monoisotopic (exact) mass is 304 g/mol. The van der Waals surface area contributed by atoms with Gasteiger partial charge in [0.05, 0.1) is 0 Å². The summed E-state index contributed by atoms with van der Waals surface area (Å²) in [6, 6.07) is 7.82. The van der Waals surface area contributed by atoms with E-state index in [0.717, 1.165) is 34.3 Å². The predicted octanol–water partition coefficient (Wildman–Crippen LogP) is 4.30. The topological polar surface area (TPSA) is 49.8 Å². The Labute approximate surface area is 131 Å². The van der Waals surface area contributed by atoms with E-state index in [1.54, 1.807) is 6.33 Å². The van der Waals surface area contributed by atoms with Gasteiger partial charge in [-0.1, -0.05) is 43.6 Å². The smallest absolute Gasteiger partial charge is 0.135 e. The van der Waals surface area contributed by atoms with Crippen LogP contribution in [-0.4, -0.2) is 16.5 Å². The highest BCUT2D eigenvalue weighted by Crippen LogP contribution is 2.28. The number of nitrogens with zero attached hydrogens (tertiary/aromatic N) is 2. The fraction of sp³-hybridized carbons (Fsp3) is 0.375. The van der Waals surface area contributed by atoms with Gasteiger partial charge in [-0.05, 0) is 24.5 Å². The molecule has 0 aliphatic heterocycles. The number of aromatic nitrogens is 2. The van der Waals surface area contributed by atoms with Crippen LogP contribution < -0.4 is 10.6 Å². The Hall–Kier alpha value is -1.81. The summed E-state index contributed by atoms with van der Waals surface area (Å²) in [5, 5.41) is 7.43. The fourth-order valence-electron chi connectivity index (χ4n) is 2.21. The Balaban J connectivity index is 2.23. The zero-order chi connectivity index (χ0) is 15.2. The Morgan fingerprint density at radius 3 is 2.38 bits per heavy atom. The van der Waals surface area contributed by atoms with E-state index in [1.165, 1.54) is 0 Å². The third-order valence-corrected chi connectivity index (χ3v) is 3.58. The van der Waals surface area contributed by atoms with E-state index in [4.69, 9.17) is 11.6 Å². The molecule has 1 heterocycles. The molecule has 4 nitrogen and oxygen atoms in total. The van der Waals surface area contributed by atoms with E-state index < -0.39 is 0 Å². The van der Waals surface area contributed by atoms with Crippen LogP contribution in [0, 0.1) is 0 Å². The molecule has 0 fully saturated rings. The van der Waals surface area contributed by atoms with Gasteiger partial charge in [-0.15, -0.1) is 0 Å². The standard InChI is InChI=1S/C16H21ClN4/c1-4-18-15-14(11(2)3)16(21-10-20-15)19-9-12-7-5-6-8-13(12)17/h5-8,10-11H,4,9H2,1-3H3,(H2,18,19,20,21). The van der Waals surface area contributed by atoms with Crippen LogP contribution in [0.4, 0.5) is 11.6 Å². The van der Waals surface area contributed by atoms with Crippen molar-refractivity contribution in [3.63, 3.8) is 0 Å². The largest absolute Gasteiger partial charge is 0.370 e. The molecule has 1 aromatic heterocycles. The molecule has 0 spiro atoms. The molecule has 2 aromatic rings. The van der Waals surface area contributed by atoms with Crippen LogP contribution in [-0.2, 0) is 6.54 Å². The van der Waals surface area contributed by atoms with Crippen LogP contribution in [0.2, 0.25) is 5.02 Å². The first-order valence-electron chi connectivity index (χ1n) is 7.19. The maximum atomic E-state index is 6.19. The lowest BCUT2D eigenvalue weighted by atomic mass is 10.0. The van der Waals surface area contributed by atoms with E-state index in [0.29, 0.717) is 12.5 Å². The zero-order valence-electron chi connectivity index (χ0n) is 12.7. The van der Waals surface area contributed by atoms with Crippen molar-refractivity contribution in [3.8, 4) is 0 Å². The summed E-state index contributed by atoms with van der Waals surface area (Å²) in [6.45, 7) is 7.81. The van der Waals surface area contributed by atoms with Crippen molar-refractivity contribution in [2.75, 3.05) is 17.2 Å². The quantitative estimate of drug-likeness (QED) is 0.835. The van der Waals surface area contributed by atoms with Crippen LogP contribution >= 0.6 is 11.6 Å². The number of halogens is 1. The Kier molecular flexibility index (Phi) is 5.39. The average molecular weight is 305 g/mol. The molecule has 2 N–H and O–H groups in total. The summed E-state index contributed by atoms with van der Waals surface area (Å²) < 4.78 is 0. The normalized spacial score (nSPS) is 10.7. The van der Waals surface area contributed by atoms with Crippen molar-refractivity contribution in [3.05, 3.63) is 46.7 Å². The molecular weight excluding hydrogens is 284 g/mol. The number of anilines is 2. The maximum Gasteiger partial charge on any atom is 0.135 e. The van der Waals surface area contributed by atoms with E-state index >= 15 is 0 Å². The number of benzene rings is 1. The molecule has 2 rings (SSSR count). The Morgan fingerprint density at radius 1 is 1.10 bits per heavy atom. The number of hydrogen-bond acceptors (Lipinski definition) is 4. The predicted molar refractivity (Wildman–Crippen MR) is 89.1 cm³/mol. The first-order valence-corrected chi connectivity index (χ1v) is 7.57. The maximum absolute atomic E-state index is 6.19. The zero-order valence-corrected chi connectivity index (χ0v) is 13.4. The minimum absolute atomic E-state index is 0.328. The lowest BCUT2D eigenvalue weighted by molar-refractivity contribution is 0.844. The summed E-state index contributed by atoms with van der Waals surface area (Å²) in [4.78, 5) is 8.72. The van der Waals surface area contributed by atoms with Crippen LogP contribution in [0.3, 0.4) is 0 Å². The van der Waals surface area contributed by atoms with Gasteiger partial charge in [-0.25, -0.2) is 9.97 Å². The van der Waals surface area contributed by atoms with Gasteiger partial charge in [0.15, 0.2) is 0 Å². The van der Waals surface area contributed by atoms with Crippen LogP contribution in [0.25, 0.3) is 0 Å². The van der Waals surface area contributed by atoms with E-state index in [-0.39, 0.29) is 0 Å². The molecular formula is C16H21ClN4. The molecule has 0 unspecified atom stereocenters. The van der Waals surface area contributed by atoms with Crippen molar-refractivity contribution in [1.82, 2.24) is 9.97 Å². The number of rotatable bonds is 6. The lowest BCUT2D eigenvalue weighted by Gasteiger charge is -2.17. The minimum Gasteiger partial charge on any atom is -0.370 e. The van der Waals surface area contributed by atoms with Crippen molar-refractivity contribution >= 4 is 23.2 Å². The molecule has 0 amide bonds. The average Bonchev–Trinajstić information content (AvgIpc) is 2.46. The molecule has 112 valence electrons. The number of nitrogens with one attached hydrogen (secondary N) is 2. The first-order chi connectivity index (χ1) is 10.1. The van der Waals surface area contributed by atoms with Crippen LogP contribution in [0.1, 0.15) is 37.8 Å². The lowest BCUT2D eigenvalue weighted by Crippen LogP contribution is -2.11. The van der Waals surface area contributed by atoms with Gasteiger partial charge < -0.3 is 10.6 Å². The van der Waals surface area contributed by atoms with Gasteiger partial charge in [-0.3, -0.25) is 0 Å². The third-order valence-electron chi connectivity index (χ3n) is 3.21. The van der Waals surface area contributed by atoms with Crippen molar-refractivity contribution < 1.29 is 0 Å². The Morgan fingerprint density at radius 2 is 1.76 bits per heavy atom. The molecule has 0 saturated heterocycles. The molecule has 5 heteroatoms. The molecule has 0 radical (unpaired) electrons. The molecule has 1 aromatic carbocycles. The third kappa shape index (κ3) is 3.85. The minimum atomic E-state index is 0.328. The van der Waals surface area contributed by atoms with Gasteiger partial charge in [-0.2, -0.15) is 0 Å². The fourth-order valence-corrected chi connectivity index (χ4v) is 2.41. The van der Waals surface area contributed by atoms with Gasteiger partial charge in [0.25, 0.3) is 0 Å². The second-order valence-electron chi connectivity index (χ2n) is 5.11. The number of hydrogen-bond donors (Lipinski definition) is 2. The van der Waals surface area contributed by atoms with Gasteiger partial charge in [0, 0.05) is 23.7 Å². The second kappa shape index (κ2) is 7.27. The SMILES string of the molecule is CCNc1ncnc(NCc2ccccc2Cl)c1C(C)C. The molecule has 0 bridgehead atoms. The summed E-state index contributed by atoms with van der Waals surface area (Å²) in [5.74, 6) is 2.08. The van der Waals surface area contributed by atoms with E-state index in [1.807, 2.05) is 24.3 Å². The van der Waals surface area contributed by atoms with Crippen molar-refractivity contribution in [2.24, 2.45) is 0 Å². The van der Waals surface area contributed by atoms with Crippen LogP contribution in [0.15, 0.2) is 30.6 Å². The van der Waals surface area contributed by atoms with E-state index in [9.17, 15) is 0 Å². The van der Waals surface area contributed by atoms with Crippen molar-refractivity contribution in [1.29, 1.82) is 0 Å². The second-order valence-corrected chi connectivity index (χ2v) is 5.52.